The number of halogens is 2. The fourth-order valence-corrected chi connectivity index (χ4v) is 3.19. The number of hydrogen-bond acceptors (Lipinski definition) is 5. The molecule has 0 aliphatic rings. The second-order valence-corrected chi connectivity index (χ2v) is 6.20. The summed E-state index contributed by atoms with van der Waals surface area (Å²) >= 11 is 1.44. The van der Waals surface area contributed by atoms with Crippen LogP contribution in [0.1, 0.15) is 5.56 Å². The number of hydrogen-bond donors (Lipinski definition) is 0. The van der Waals surface area contributed by atoms with Gasteiger partial charge in [-0.25, -0.2) is 4.68 Å². The first-order valence-corrected chi connectivity index (χ1v) is 8.85. The Kier molecular flexibility index (Phi) is 5.97. The zero-order chi connectivity index (χ0) is 19.2. The van der Waals surface area contributed by atoms with Crippen LogP contribution >= 0.6 is 11.3 Å². The van der Waals surface area contributed by atoms with Gasteiger partial charge in [0.2, 0.25) is 4.80 Å². The number of rotatable bonds is 6. The Morgan fingerprint density at radius 1 is 1.04 bits per heavy atom. The molecular weight excluding hydrogens is 372 g/mol. The molecule has 27 heavy (non-hydrogen) atoms. The van der Waals surface area contributed by atoms with Gasteiger partial charge in [-0.05, 0) is 54.1 Å². The van der Waals surface area contributed by atoms with Gasteiger partial charge in [0.1, 0.15) is 11.5 Å². The average molecular weight is 389 g/mol. The number of methoxy groups -OCH3 is 1. The topological polar surface area (TPSA) is 48.1 Å². The summed E-state index contributed by atoms with van der Waals surface area (Å²) in [6, 6.07) is 13.9. The first-order chi connectivity index (χ1) is 13.1. The van der Waals surface area contributed by atoms with Crippen LogP contribution in [0.2, 0.25) is 0 Å². The molecule has 1 aromatic heterocycles. The van der Waals surface area contributed by atoms with E-state index in [0.717, 1.165) is 22.6 Å². The normalized spacial score (nSPS) is 12.1. The van der Waals surface area contributed by atoms with Crippen molar-refractivity contribution in [1.29, 1.82) is 0 Å². The van der Waals surface area contributed by atoms with Crippen LogP contribution in [-0.2, 0) is 0 Å². The zero-order valence-corrected chi connectivity index (χ0v) is 15.5. The first-order valence-electron chi connectivity index (χ1n) is 7.97. The molecular formula is C19H17F2N3O2S. The molecule has 0 N–H and O–H groups in total. The van der Waals surface area contributed by atoms with Crippen molar-refractivity contribution >= 4 is 17.6 Å². The van der Waals surface area contributed by atoms with E-state index in [4.69, 9.17) is 4.74 Å². The smallest absolute Gasteiger partial charge is 0.387 e. The number of aromatic nitrogens is 1. The molecule has 0 fully saturated rings. The predicted octanol–water partition coefficient (Wildman–Crippen LogP) is 4.24. The van der Waals surface area contributed by atoms with E-state index in [-0.39, 0.29) is 5.75 Å². The molecule has 3 rings (SSSR count). The summed E-state index contributed by atoms with van der Waals surface area (Å²) in [5.41, 5.74) is 2.52. The van der Waals surface area contributed by atoms with Gasteiger partial charge in [-0.1, -0.05) is 0 Å². The third-order valence-corrected chi connectivity index (χ3v) is 4.60. The minimum Gasteiger partial charge on any atom is -0.497 e. The van der Waals surface area contributed by atoms with E-state index in [1.807, 2.05) is 29.6 Å². The molecule has 0 amide bonds. The lowest BCUT2D eigenvalue weighted by molar-refractivity contribution is -0.0498. The van der Waals surface area contributed by atoms with Crippen LogP contribution in [0.15, 0.2) is 64.0 Å². The monoisotopic (exact) mass is 389 g/mol. The van der Waals surface area contributed by atoms with E-state index in [2.05, 4.69) is 14.8 Å². The van der Waals surface area contributed by atoms with Crippen molar-refractivity contribution in [3.63, 3.8) is 0 Å². The van der Waals surface area contributed by atoms with Crippen molar-refractivity contribution in [3.8, 4) is 22.8 Å². The van der Waals surface area contributed by atoms with Crippen molar-refractivity contribution in [2.45, 2.75) is 6.61 Å². The molecule has 0 unspecified atom stereocenters. The molecule has 3 aromatic rings. The van der Waals surface area contributed by atoms with E-state index in [9.17, 15) is 8.78 Å². The zero-order valence-electron chi connectivity index (χ0n) is 14.7. The summed E-state index contributed by atoms with van der Waals surface area (Å²) in [6.45, 7) is -2.85. The van der Waals surface area contributed by atoms with Gasteiger partial charge in [0.15, 0.2) is 0 Å². The summed E-state index contributed by atoms with van der Waals surface area (Å²) in [6.07, 6.45) is 1.72. The maximum atomic E-state index is 12.3. The van der Waals surface area contributed by atoms with Crippen molar-refractivity contribution in [2.75, 3.05) is 14.2 Å². The minimum absolute atomic E-state index is 0.109. The third kappa shape index (κ3) is 4.59. The molecule has 0 radical (unpaired) electrons. The van der Waals surface area contributed by atoms with E-state index in [1.165, 1.54) is 23.5 Å². The summed E-state index contributed by atoms with van der Waals surface area (Å²) in [4.78, 5) is 4.95. The molecule has 0 aliphatic heterocycles. The van der Waals surface area contributed by atoms with Crippen molar-refractivity contribution in [3.05, 3.63) is 64.3 Å². The van der Waals surface area contributed by atoms with E-state index in [0.29, 0.717) is 4.80 Å². The predicted molar refractivity (Wildman–Crippen MR) is 102 cm³/mol. The molecule has 1 heterocycles. The number of thiazole rings is 1. The lowest BCUT2D eigenvalue weighted by Crippen LogP contribution is -2.11. The summed E-state index contributed by atoms with van der Waals surface area (Å²) in [5.74, 6) is 0.879. The van der Waals surface area contributed by atoms with Gasteiger partial charge in [0, 0.05) is 18.0 Å². The van der Waals surface area contributed by atoms with Crippen molar-refractivity contribution in [1.82, 2.24) is 4.68 Å². The summed E-state index contributed by atoms with van der Waals surface area (Å²) < 4.78 is 35.8. The second kappa shape index (κ2) is 8.59. The van der Waals surface area contributed by atoms with Crippen molar-refractivity contribution < 1.29 is 18.3 Å². The van der Waals surface area contributed by atoms with Crippen molar-refractivity contribution in [2.24, 2.45) is 10.1 Å². The fraction of sp³-hybridized carbons (Fsp3) is 0.158. The van der Waals surface area contributed by atoms with E-state index < -0.39 is 6.61 Å². The van der Waals surface area contributed by atoms with E-state index in [1.54, 1.807) is 37.2 Å². The van der Waals surface area contributed by atoms with Gasteiger partial charge >= 0.3 is 6.61 Å². The van der Waals surface area contributed by atoms with E-state index >= 15 is 0 Å². The van der Waals surface area contributed by atoms with Gasteiger partial charge < -0.3 is 9.47 Å². The Morgan fingerprint density at radius 3 is 2.30 bits per heavy atom. The van der Waals surface area contributed by atoms with Crippen LogP contribution in [0, 0.1) is 0 Å². The summed E-state index contributed by atoms with van der Waals surface area (Å²) in [5, 5.41) is 6.44. The number of nitrogens with zero attached hydrogens (tertiary/aromatic N) is 3. The van der Waals surface area contributed by atoms with Gasteiger partial charge in [0.05, 0.1) is 19.0 Å². The highest BCUT2D eigenvalue weighted by Gasteiger charge is 2.09. The molecule has 0 saturated heterocycles. The standard InChI is InChI=1S/C19H17F2N3O2S/c1-22-19-24(23-11-13-3-7-15(25-2)8-4-13)17(12-27-19)14-5-9-16(10-6-14)26-18(20)21/h3-12,18H,1-2H3. The molecule has 0 spiro atoms. The number of ether oxygens (including phenoxy) is 2. The maximum absolute atomic E-state index is 12.3. The molecule has 0 bridgehead atoms. The lowest BCUT2D eigenvalue weighted by Gasteiger charge is -2.06. The van der Waals surface area contributed by atoms with Crippen LogP contribution in [-0.4, -0.2) is 31.7 Å². The molecule has 0 atom stereocenters. The minimum atomic E-state index is -2.85. The Hall–Kier alpha value is -3.00. The molecule has 140 valence electrons. The van der Waals surface area contributed by atoms with Crippen LogP contribution in [0.5, 0.6) is 11.5 Å². The summed E-state index contributed by atoms with van der Waals surface area (Å²) in [7, 11) is 3.30. The van der Waals surface area contributed by atoms with Crippen LogP contribution in [0.25, 0.3) is 11.3 Å². The molecule has 2 aromatic carbocycles. The quantitative estimate of drug-likeness (QED) is 0.592. The molecule has 5 nitrogen and oxygen atoms in total. The molecule has 8 heteroatoms. The van der Waals surface area contributed by atoms with Crippen LogP contribution in [0.4, 0.5) is 8.78 Å². The first kappa shape index (κ1) is 18.8. The SMILES string of the molecule is CN=c1scc(-c2ccc(OC(F)F)cc2)n1N=Cc1ccc(OC)cc1. The van der Waals surface area contributed by atoms with Crippen LogP contribution < -0.4 is 14.3 Å². The Balaban J connectivity index is 1.91. The molecule has 0 aliphatic carbocycles. The van der Waals surface area contributed by atoms with Crippen LogP contribution in [0.3, 0.4) is 0 Å². The van der Waals surface area contributed by atoms with Gasteiger partial charge in [-0.15, -0.1) is 11.3 Å². The lowest BCUT2D eigenvalue weighted by atomic mass is 10.2. The highest BCUT2D eigenvalue weighted by Crippen LogP contribution is 2.24. The number of benzene rings is 2. The second-order valence-electron chi connectivity index (χ2n) is 5.36. The fourth-order valence-electron chi connectivity index (χ4n) is 2.38. The number of alkyl halides is 2. The Labute approximate surface area is 158 Å². The Bertz CT molecular complexity index is 977. The third-order valence-electron chi connectivity index (χ3n) is 3.69. The molecule has 0 saturated carbocycles. The highest BCUT2D eigenvalue weighted by molar-refractivity contribution is 7.07. The largest absolute Gasteiger partial charge is 0.497 e. The Morgan fingerprint density at radius 2 is 1.70 bits per heavy atom. The van der Waals surface area contributed by atoms with Gasteiger partial charge in [-0.2, -0.15) is 13.9 Å². The van der Waals surface area contributed by atoms with Gasteiger partial charge in [0.25, 0.3) is 0 Å². The highest BCUT2D eigenvalue weighted by atomic mass is 32.1. The maximum Gasteiger partial charge on any atom is 0.387 e. The van der Waals surface area contributed by atoms with Gasteiger partial charge in [-0.3, -0.25) is 4.99 Å². The average Bonchev–Trinajstić information content (AvgIpc) is 3.10.